The first kappa shape index (κ1) is 14.4. The number of aryl methyl sites for hydroxylation is 1. The van der Waals surface area contributed by atoms with Crippen LogP contribution in [0.25, 0.3) is 0 Å². The van der Waals surface area contributed by atoms with Crippen molar-refractivity contribution in [1.29, 1.82) is 0 Å². The van der Waals surface area contributed by atoms with Gasteiger partial charge in [-0.3, -0.25) is 10.1 Å². The Morgan fingerprint density at radius 1 is 1.30 bits per heavy atom. The Hall–Kier alpha value is -2.04. The molecule has 0 unspecified atom stereocenters. The molecule has 4 N–H and O–H groups in total. The summed E-state index contributed by atoms with van der Waals surface area (Å²) in [5.41, 5.74) is 3.92. The Labute approximate surface area is 116 Å². The molecule has 0 amide bonds. The Bertz CT molecular complexity index is 693. The SMILES string of the molecule is Cc1c(CNS(=O)(=O)c2cnc(NN)nc2)cnn1C. The minimum atomic E-state index is -3.67. The van der Waals surface area contributed by atoms with Gasteiger partial charge in [-0.05, 0) is 6.92 Å². The summed E-state index contributed by atoms with van der Waals surface area (Å²) in [6.07, 6.45) is 3.98. The molecule has 0 bridgehead atoms. The zero-order valence-corrected chi connectivity index (χ0v) is 11.8. The van der Waals surface area contributed by atoms with Crippen molar-refractivity contribution >= 4 is 16.0 Å². The highest BCUT2D eigenvalue weighted by atomic mass is 32.2. The number of hydrogen-bond donors (Lipinski definition) is 3. The zero-order chi connectivity index (χ0) is 14.8. The molecule has 108 valence electrons. The van der Waals surface area contributed by atoms with Crippen molar-refractivity contribution in [3.05, 3.63) is 29.8 Å². The third-order valence-corrected chi connectivity index (χ3v) is 4.21. The van der Waals surface area contributed by atoms with E-state index in [0.29, 0.717) is 0 Å². The molecule has 20 heavy (non-hydrogen) atoms. The van der Waals surface area contributed by atoms with Crippen molar-refractivity contribution in [3.63, 3.8) is 0 Å². The van der Waals surface area contributed by atoms with Gasteiger partial charge in [0.1, 0.15) is 4.90 Å². The summed E-state index contributed by atoms with van der Waals surface area (Å²) in [5, 5.41) is 4.05. The van der Waals surface area contributed by atoms with Gasteiger partial charge >= 0.3 is 0 Å². The van der Waals surface area contributed by atoms with E-state index >= 15 is 0 Å². The molecule has 9 nitrogen and oxygen atoms in total. The molecule has 2 aromatic rings. The molecule has 2 aromatic heterocycles. The highest BCUT2D eigenvalue weighted by molar-refractivity contribution is 7.89. The Morgan fingerprint density at radius 3 is 2.45 bits per heavy atom. The van der Waals surface area contributed by atoms with Gasteiger partial charge in [0.05, 0.1) is 18.6 Å². The van der Waals surface area contributed by atoms with Crippen molar-refractivity contribution in [1.82, 2.24) is 24.5 Å². The fourth-order valence-corrected chi connectivity index (χ4v) is 2.40. The summed E-state index contributed by atoms with van der Waals surface area (Å²) in [4.78, 5) is 7.48. The van der Waals surface area contributed by atoms with Crippen molar-refractivity contribution < 1.29 is 8.42 Å². The van der Waals surface area contributed by atoms with Gasteiger partial charge in [0.2, 0.25) is 16.0 Å². The van der Waals surface area contributed by atoms with Gasteiger partial charge in [-0.2, -0.15) is 5.10 Å². The molecule has 0 fully saturated rings. The number of hydrazine groups is 1. The van der Waals surface area contributed by atoms with Gasteiger partial charge in [-0.15, -0.1) is 0 Å². The van der Waals surface area contributed by atoms with Crippen molar-refractivity contribution in [2.45, 2.75) is 18.4 Å². The van der Waals surface area contributed by atoms with E-state index in [2.05, 4.69) is 25.2 Å². The number of nitrogen functional groups attached to an aromatic ring is 1. The van der Waals surface area contributed by atoms with E-state index < -0.39 is 10.0 Å². The number of anilines is 1. The van der Waals surface area contributed by atoms with Crippen LogP contribution in [0, 0.1) is 6.92 Å². The van der Waals surface area contributed by atoms with Crippen LogP contribution in [0.3, 0.4) is 0 Å². The molecule has 2 rings (SSSR count). The summed E-state index contributed by atoms with van der Waals surface area (Å²) in [6, 6.07) is 0. The first-order valence-electron chi connectivity index (χ1n) is 5.70. The van der Waals surface area contributed by atoms with Gasteiger partial charge in [-0.1, -0.05) is 0 Å². The molecule has 2 heterocycles. The highest BCUT2D eigenvalue weighted by Gasteiger charge is 2.16. The van der Waals surface area contributed by atoms with Crippen LogP contribution in [-0.4, -0.2) is 28.2 Å². The number of nitrogens with two attached hydrogens (primary N) is 1. The van der Waals surface area contributed by atoms with Crippen LogP contribution >= 0.6 is 0 Å². The number of sulfonamides is 1. The second-order valence-corrected chi connectivity index (χ2v) is 5.86. The Balaban J connectivity index is 2.12. The molecule has 0 aromatic carbocycles. The largest absolute Gasteiger partial charge is 0.292 e. The van der Waals surface area contributed by atoms with Crippen LogP contribution < -0.4 is 16.0 Å². The van der Waals surface area contributed by atoms with Crippen LogP contribution in [-0.2, 0) is 23.6 Å². The van der Waals surface area contributed by atoms with Crippen molar-refractivity contribution in [3.8, 4) is 0 Å². The third-order valence-electron chi connectivity index (χ3n) is 2.86. The van der Waals surface area contributed by atoms with Crippen molar-refractivity contribution in [2.24, 2.45) is 12.9 Å². The normalized spacial score (nSPS) is 11.6. The standard InChI is InChI=1S/C10H15N7O2S/c1-7-8(3-14-17(7)2)4-15-20(18,19)9-5-12-10(16-11)13-6-9/h3,5-6,15H,4,11H2,1-2H3,(H,12,13,16). The predicted molar refractivity (Wildman–Crippen MR) is 71.8 cm³/mol. The van der Waals surface area contributed by atoms with Gasteiger partial charge in [0.25, 0.3) is 0 Å². The van der Waals surface area contributed by atoms with Gasteiger partial charge in [0, 0.05) is 24.8 Å². The molecule has 0 saturated carbocycles. The maximum Gasteiger partial charge on any atom is 0.243 e. The molecule has 0 atom stereocenters. The summed E-state index contributed by atoms with van der Waals surface area (Å²) in [6.45, 7) is 2.01. The first-order chi connectivity index (χ1) is 9.44. The van der Waals surface area contributed by atoms with Crippen LogP contribution in [0.5, 0.6) is 0 Å². The second-order valence-electron chi connectivity index (χ2n) is 4.09. The van der Waals surface area contributed by atoms with Crippen LogP contribution in [0.1, 0.15) is 11.3 Å². The van der Waals surface area contributed by atoms with E-state index in [0.717, 1.165) is 11.3 Å². The molecule has 0 aliphatic heterocycles. The summed E-state index contributed by atoms with van der Waals surface area (Å²) in [5.74, 6) is 5.26. The summed E-state index contributed by atoms with van der Waals surface area (Å²) >= 11 is 0. The summed E-state index contributed by atoms with van der Waals surface area (Å²) < 4.78 is 28.3. The lowest BCUT2D eigenvalue weighted by atomic mass is 10.3. The first-order valence-corrected chi connectivity index (χ1v) is 7.18. The van der Waals surface area contributed by atoms with E-state index in [4.69, 9.17) is 5.84 Å². The minimum absolute atomic E-state index is 0.0296. The number of nitrogens with one attached hydrogen (secondary N) is 2. The quantitative estimate of drug-likeness (QED) is 0.491. The molecule has 0 aliphatic carbocycles. The van der Waals surface area contributed by atoms with E-state index in [1.54, 1.807) is 17.9 Å². The highest BCUT2D eigenvalue weighted by Crippen LogP contribution is 2.10. The lowest BCUT2D eigenvalue weighted by Crippen LogP contribution is -2.24. The zero-order valence-electron chi connectivity index (χ0n) is 11.0. The van der Waals surface area contributed by atoms with E-state index in [1.807, 2.05) is 6.92 Å². The van der Waals surface area contributed by atoms with E-state index in [-0.39, 0.29) is 17.4 Å². The fourth-order valence-electron chi connectivity index (χ4n) is 1.50. The monoisotopic (exact) mass is 297 g/mol. The molecule has 10 heteroatoms. The maximum atomic E-state index is 12.1. The molecule has 0 spiro atoms. The molecular weight excluding hydrogens is 282 g/mol. The van der Waals surface area contributed by atoms with Crippen molar-refractivity contribution in [2.75, 3.05) is 5.43 Å². The van der Waals surface area contributed by atoms with Crippen LogP contribution in [0.2, 0.25) is 0 Å². The predicted octanol–water partition coefficient (Wildman–Crippen LogP) is -0.717. The number of rotatable bonds is 5. The third kappa shape index (κ3) is 2.92. The fraction of sp³-hybridized carbons (Fsp3) is 0.300. The lowest BCUT2D eigenvalue weighted by molar-refractivity contribution is 0.580. The lowest BCUT2D eigenvalue weighted by Gasteiger charge is -2.06. The molecule has 0 aliphatic rings. The maximum absolute atomic E-state index is 12.1. The second kappa shape index (κ2) is 5.53. The minimum Gasteiger partial charge on any atom is -0.292 e. The van der Waals surface area contributed by atoms with E-state index in [9.17, 15) is 8.42 Å². The van der Waals surface area contributed by atoms with Crippen LogP contribution in [0.15, 0.2) is 23.5 Å². The Kier molecular flexibility index (Phi) is 3.97. The van der Waals surface area contributed by atoms with E-state index in [1.165, 1.54) is 12.4 Å². The van der Waals surface area contributed by atoms with Gasteiger partial charge in [0.15, 0.2) is 0 Å². The Morgan fingerprint density at radius 2 is 1.95 bits per heavy atom. The number of nitrogens with zero attached hydrogens (tertiary/aromatic N) is 4. The smallest absolute Gasteiger partial charge is 0.243 e. The number of hydrogen-bond acceptors (Lipinski definition) is 7. The number of aromatic nitrogens is 4. The average Bonchev–Trinajstić information content (AvgIpc) is 2.77. The molecular formula is C10H15N7O2S. The van der Waals surface area contributed by atoms with Gasteiger partial charge < -0.3 is 0 Å². The average molecular weight is 297 g/mol. The van der Waals surface area contributed by atoms with Gasteiger partial charge in [-0.25, -0.2) is 29.0 Å². The van der Waals surface area contributed by atoms with Crippen LogP contribution in [0.4, 0.5) is 5.95 Å². The molecule has 0 radical (unpaired) electrons. The summed E-state index contributed by atoms with van der Waals surface area (Å²) in [7, 11) is -1.88. The molecule has 0 saturated heterocycles. The topological polar surface area (TPSA) is 128 Å².